The number of hydrogen-bond acceptors (Lipinski definition) is 6. The summed E-state index contributed by atoms with van der Waals surface area (Å²) in [6, 6.07) is 21.1. The molecule has 0 saturated carbocycles. The van der Waals surface area contributed by atoms with E-state index in [9.17, 15) is 19.7 Å². The van der Waals surface area contributed by atoms with E-state index in [0.29, 0.717) is 16.5 Å². The van der Waals surface area contributed by atoms with Crippen molar-refractivity contribution >= 4 is 22.4 Å². The van der Waals surface area contributed by atoms with Crippen molar-refractivity contribution in [3.8, 4) is 17.1 Å². The first kappa shape index (κ1) is 19.1. The molecule has 0 saturated heterocycles. The Bertz CT molecular complexity index is 1310. The third-order valence-electron chi connectivity index (χ3n) is 4.52. The number of nitrogens with zero attached hydrogens (tertiary/aromatic N) is 1. The number of ether oxygens (including phenoxy) is 1. The van der Waals surface area contributed by atoms with Gasteiger partial charge in [0.2, 0.25) is 11.2 Å². The molecule has 30 heavy (non-hydrogen) atoms. The van der Waals surface area contributed by atoms with E-state index in [-0.39, 0.29) is 22.8 Å². The molecule has 7 nitrogen and oxygen atoms in total. The first-order valence-electron chi connectivity index (χ1n) is 9.06. The Hall–Kier alpha value is -4.26. The summed E-state index contributed by atoms with van der Waals surface area (Å²) in [5.74, 6) is -0.366. The molecule has 0 radical (unpaired) electrons. The van der Waals surface area contributed by atoms with E-state index >= 15 is 0 Å². The number of nitro groups is 1. The van der Waals surface area contributed by atoms with Gasteiger partial charge in [0.25, 0.3) is 5.69 Å². The Morgan fingerprint density at radius 3 is 2.47 bits per heavy atom. The molecule has 0 fully saturated rings. The topological polar surface area (TPSA) is 99.7 Å². The van der Waals surface area contributed by atoms with Gasteiger partial charge >= 0.3 is 0 Å². The maximum absolute atomic E-state index is 13.0. The number of fused-ring (bicyclic) bond motifs is 1. The minimum absolute atomic E-state index is 0.0846. The van der Waals surface area contributed by atoms with Gasteiger partial charge in [0, 0.05) is 23.3 Å². The van der Waals surface area contributed by atoms with E-state index < -0.39 is 22.7 Å². The van der Waals surface area contributed by atoms with Crippen molar-refractivity contribution in [2.75, 3.05) is 6.61 Å². The first-order chi connectivity index (χ1) is 14.5. The van der Waals surface area contributed by atoms with Crippen molar-refractivity contribution in [3.63, 3.8) is 0 Å². The van der Waals surface area contributed by atoms with Crippen LogP contribution in [0.4, 0.5) is 5.69 Å². The van der Waals surface area contributed by atoms with Crippen LogP contribution in [-0.2, 0) is 0 Å². The van der Waals surface area contributed by atoms with E-state index in [4.69, 9.17) is 9.15 Å². The number of Topliss-reactive ketones (excluding diaryl/α,β-unsaturated/α-hetero) is 1. The molecule has 0 aliphatic heterocycles. The second-order valence-electron chi connectivity index (χ2n) is 6.47. The standard InChI is InChI=1S/C23H15NO6/c25-19(16-9-6-10-17(13-16)24(27)28)14-29-23-21(26)18-11-4-5-12-20(18)30-22(23)15-7-2-1-3-8-15/h1-13H,14H2. The van der Waals surface area contributed by atoms with Crippen LogP contribution in [0.5, 0.6) is 5.75 Å². The molecular weight excluding hydrogens is 386 g/mol. The Morgan fingerprint density at radius 2 is 1.70 bits per heavy atom. The summed E-state index contributed by atoms with van der Waals surface area (Å²) < 4.78 is 11.5. The number of para-hydroxylation sites is 1. The fourth-order valence-corrected chi connectivity index (χ4v) is 3.05. The Labute approximate surface area is 170 Å². The van der Waals surface area contributed by atoms with E-state index in [1.165, 1.54) is 24.3 Å². The third kappa shape index (κ3) is 3.68. The lowest BCUT2D eigenvalue weighted by Crippen LogP contribution is -2.17. The number of carbonyl (C=O) groups excluding carboxylic acids is 1. The third-order valence-corrected chi connectivity index (χ3v) is 4.52. The molecule has 4 aromatic rings. The quantitative estimate of drug-likeness (QED) is 0.265. The van der Waals surface area contributed by atoms with E-state index in [1.54, 1.807) is 48.5 Å². The SMILES string of the molecule is O=C(COc1c(-c2ccccc2)oc2ccccc2c1=O)c1cccc([N+](=O)[O-])c1. The number of hydrogen-bond donors (Lipinski definition) is 0. The van der Waals surface area contributed by atoms with Gasteiger partial charge in [0.05, 0.1) is 10.3 Å². The maximum atomic E-state index is 13.0. The molecule has 7 heteroatoms. The number of rotatable bonds is 6. The van der Waals surface area contributed by atoms with Gasteiger partial charge in [0.1, 0.15) is 5.58 Å². The zero-order valence-electron chi connectivity index (χ0n) is 15.6. The summed E-state index contributed by atoms with van der Waals surface area (Å²) in [5.41, 5.74) is 0.547. The van der Waals surface area contributed by atoms with Crippen LogP contribution in [-0.4, -0.2) is 17.3 Å². The molecule has 0 spiro atoms. The molecule has 0 aliphatic carbocycles. The van der Waals surface area contributed by atoms with Gasteiger partial charge in [0.15, 0.2) is 18.2 Å². The van der Waals surface area contributed by atoms with Gasteiger partial charge in [-0.3, -0.25) is 19.7 Å². The lowest BCUT2D eigenvalue weighted by Gasteiger charge is -2.11. The minimum atomic E-state index is -0.580. The monoisotopic (exact) mass is 401 g/mol. The largest absolute Gasteiger partial charge is 0.478 e. The van der Waals surface area contributed by atoms with Crippen molar-refractivity contribution < 1.29 is 18.9 Å². The highest BCUT2D eigenvalue weighted by Gasteiger charge is 2.19. The molecular formula is C23H15NO6. The summed E-state index contributed by atoms with van der Waals surface area (Å²) >= 11 is 0. The minimum Gasteiger partial charge on any atom is -0.478 e. The van der Waals surface area contributed by atoms with Crippen LogP contribution >= 0.6 is 0 Å². The number of carbonyl (C=O) groups is 1. The molecule has 1 heterocycles. The number of ketones is 1. The normalized spacial score (nSPS) is 10.7. The molecule has 0 N–H and O–H groups in total. The highest BCUT2D eigenvalue weighted by molar-refractivity contribution is 5.98. The molecule has 148 valence electrons. The van der Waals surface area contributed by atoms with E-state index in [0.717, 1.165) is 0 Å². The molecule has 0 amide bonds. The molecule has 3 aromatic carbocycles. The van der Waals surface area contributed by atoms with Crippen molar-refractivity contribution in [1.29, 1.82) is 0 Å². The van der Waals surface area contributed by atoms with Crippen LogP contribution in [0.2, 0.25) is 0 Å². The zero-order chi connectivity index (χ0) is 21.1. The van der Waals surface area contributed by atoms with Gasteiger partial charge in [-0.2, -0.15) is 0 Å². The summed E-state index contributed by atoms with van der Waals surface area (Å²) in [4.78, 5) is 35.9. The Balaban J connectivity index is 1.72. The van der Waals surface area contributed by atoms with Gasteiger partial charge < -0.3 is 9.15 Å². The average molecular weight is 401 g/mol. The highest BCUT2D eigenvalue weighted by Crippen LogP contribution is 2.30. The second-order valence-corrected chi connectivity index (χ2v) is 6.47. The van der Waals surface area contributed by atoms with Gasteiger partial charge in [-0.1, -0.05) is 54.6 Å². The van der Waals surface area contributed by atoms with Gasteiger partial charge in [-0.25, -0.2) is 0 Å². The van der Waals surface area contributed by atoms with Crippen LogP contribution in [0.15, 0.2) is 88.1 Å². The zero-order valence-corrected chi connectivity index (χ0v) is 15.6. The number of benzene rings is 3. The summed E-state index contributed by atoms with van der Waals surface area (Å²) in [6.07, 6.45) is 0. The van der Waals surface area contributed by atoms with Crippen molar-refractivity contribution in [1.82, 2.24) is 0 Å². The van der Waals surface area contributed by atoms with Crippen LogP contribution in [0, 0.1) is 10.1 Å². The molecule has 1 aromatic heterocycles. The van der Waals surface area contributed by atoms with Crippen molar-refractivity contribution in [2.45, 2.75) is 0 Å². The summed E-state index contributed by atoms with van der Waals surface area (Å²) in [7, 11) is 0. The predicted octanol–water partition coefficient (Wildman–Crippen LogP) is 4.63. The van der Waals surface area contributed by atoms with Crippen molar-refractivity contribution in [3.05, 3.63) is 105 Å². The predicted molar refractivity (Wildman–Crippen MR) is 111 cm³/mol. The fraction of sp³-hybridized carbons (Fsp3) is 0.0435. The van der Waals surface area contributed by atoms with Crippen LogP contribution in [0.1, 0.15) is 10.4 Å². The molecule has 0 bridgehead atoms. The maximum Gasteiger partial charge on any atom is 0.270 e. The van der Waals surface area contributed by atoms with Gasteiger partial charge in [-0.05, 0) is 12.1 Å². The summed E-state index contributed by atoms with van der Waals surface area (Å²) in [6.45, 7) is -0.468. The van der Waals surface area contributed by atoms with Crippen molar-refractivity contribution in [2.24, 2.45) is 0 Å². The lowest BCUT2D eigenvalue weighted by molar-refractivity contribution is -0.384. The van der Waals surface area contributed by atoms with Crippen LogP contribution in [0.3, 0.4) is 0 Å². The Kier molecular flexibility index (Phi) is 5.09. The smallest absolute Gasteiger partial charge is 0.270 e. The van der Waals surface area contributed by atoms with E-state index in [2.05, 4.69) is 0 Å². The summed E-state index contributed by atoms with van der Waals surface area (Å²) in [5, 5.41) is 11.3. The molecule has 0 aliphatic rings. The number of nitro benzene ring substituents is 1. The van der Waals surface area contributed by atoms with E-state index in [1.807, 2.05) is 6.07 Å². The number of non-ortho nitro benzene ring substituents is 1. The van der Waals surface area contributed by atoms with Gasteiger partial charge in [-0.15, -0.1) is 0 Å². The highest BCUT2D eigenvalue weighted by atomic mass is 16.6. The lowest BCUT2D eigenvalue weighted by atomic mass is 10.1. The Morgan fingerprint density at radius 1 is 0.967 bits per heavy atom. The van der Waals surface area contributed by atoms with Crippen LogP contribution in [0.25, 0.3) is 22.3 Å². The fourth-order valence-electron chi connectivity index (χ4n) is 3.05. The molecule has 0 atom stereocenters. The molecule has 0 unspecified atom stereocenters. The van der Waals surface area contributed by atoms with Crippen LogP contribution < -0.4 is 10.2 Å². The second kappa shape index (κ2) is 8.00. The first-order valence-corrected chi connectivity index (χ1v) is 9.06. The molecule has 4 rings (SSSR count). The average Bonchev–Trinajstić information content (AvgIpc) is 2.79.